The van der Waals surface area contributed by atoms with E-state index in [1.165, 1.54) is 0 Å². The lowest BCUT2D eigenvalue weighted by molar-refractivity contribution is -0.135. The molecule has 0 aliphatic carbocycles. The van der Waals surface area contributed by atoms with Crippen LogP contribution in [-0.4, -0.2) is 22.7 Å². The molecule has 0 unspecified atom stereocenters. The molecule has 4 heteroatoms. The molecule has 1 aliphatic heterocycles. The standard InChI is InChI=1S/C11H13NO3/c1-7-2-3-9-8(6-7)11(15,4-5-13)10(14)12-9/h2-3,6,13,15H,4-5H2,1H3,(H,12,14)/t11-/m0/s1. The van der Waals surface area contributed by atoms with Gasteiger partial charge in [0.05, 0.1) is 0 Å². The summed E-state index contributed by atoms with van der Waals surface area (Å²) in [7, 11) is 0. The van der Waals surface area contributed by atoms with Crippen molar-refractivity contribution in [3.05, 3.63) is 29.3 Å². The van der Waals surface area contributed by atoms with E-state index in [4.69, 9.17) is 5.11 Å². The maximum atomic E-state index is 11.6. The molecule has 4 nitrogen and oxygen atoms in total. The predicted molar refractivity (Wildman–Crippen MR) is 55.4 cm³/mol. The molecule has 0 saturated carbocycles. The fourth-order valence-electron chi connectivity index (χ4n) is 1.87. The average molecular weight is 207 g/mol. The Morgan fingerprint density at radius 1 is 1.47 bits per heavy atom. The number of aliphatic hydroxyl groups is 2. The van der Waals surface area contributed by atoms with Crippen LogP contribution in [-0.2, 0) is 10.4 Å². The minimum atomic E-state index is -1.57. The highest BCUT2D eigenvalue weighted by atomic mass is 16.3. The van der Waals surface area contributed by atoms with Crippen LogP contribution in [0.1, 0.15) is 17.5 Å². The molecule has 0 spiro atoms. The van der Waals surface area contributed by atoms with E-state index in [2.05, 4.69) is 5.32 Å². The molecule has 0 radical (unpaired) electrons. The number of nitrogens with one attached hydrogen (secondary N) is 1. The van der Waals surface area contributed by atoms with E-state index >= 15 is 0 Å². The van der Waals surface area contributed by atoms with Crippen molar-refractivity contribution in [3.63, 3.8) is 0 Å². The summed E-state index contributed by atoms with van der Waals surface area (Å²) in [4.78, 5) is 11.6. The number of aryl methyl sites for hydroxylation is 1. The summed E-state index contributed by atoms with van der Waals surface area (Å²) in [6, 6.07) is 5.39. The van der Waals surface area contributed by atoms with Crippen LogP contribution >= 0.6 is 0 Å². The van der Waals surface area contributed by atoms with E-state index in [1.807, 2.05) is 13.0 Å². The Hall–Kier alpha value is -1.39. The van der Waals surface area contributed by atoms with Gasteiger partial charge < -0.3 is 15.5 Å². The Labute approximate surface area is 87.6 Å². The highest BCUT2D eigenvalue weighted by Crippen LogP contribution is 2.38. The molecule has 0 saturated heterocycles. The zero-order chi connectivity index (χ0) is 11.1. The van der Waals surface area contributed by atoms with E-state index in [0.29, 0.717) is 11.3 Å². The lowest BCUT2D eigenvalue weighted by Crippen LogP contribution is -2.35. The van der Waals surface area contributed by atoms with Gasteiger partial charge in [-0.2, -0.15) is 0 Å². The van der Waals surface area contributed by atoms with E-state index in [1.54, 1.807) is 12.1 Å². The molecule has 0 fully saturated rings. The topological polar surface area (TPSA) is 69.6 Å². The molecule has 0 aromatic heterocycles. The molecule has 1 atom stereocenters. The van der Waals surface area contributed by atoms with Gasteiger partial charge in [0.1, 0.15) is 0 Å². The molecular weight excluding hydrogens is 194 g/mol. The lowest BCUT2D eigenvalue weighted by Gasteiger charge is -2.19. The van der Waals surface area contributed by atoms with Gasteiger partial charge in [-0.3, -0.25) is 4.79 Å². The van der Waals surface area contributed by atoms with Crippen molar-refractivity contribution in [2.75, 3.05) is 11.9 Å². The summed E-state index contributed by atoms with van der Waals surface area (Å²) in [5.41, 5.74) is 0.584. The second-order valence-electron chi connectivity index (χ2n) is 3.84. The Morgan fingerprint density at radius 2 is 2.20 bits per heavy atom. The third-order valence-electron chi connectivity index (χ3n) is 2.72. The van der Waals surface area contributed by atoms with Crippen LogP contribution in [0, 0.1) is 6.92 Å². The Balaban J connectivity index is 2.52. The Kier molecular flexibility index (Phi) is 2.25. The molecule has 1 aromatic rings. The fraction of sp³-hybridized carbons (Fsp3) is 0.364. The summed E-state index contributed by atoms with van der Waals surface area (Å²) in [5, 5.41) is 21.6. The second-order valence-corrected chi connectivity index (χ2v) is 3.84. The number of aliphatic hydroxyl groups excluding tert-OH is 1. The summed E-state index contributed by atoms with van der Waals surface area (Å²) >= 11 is 0. The van der Waals surface area contributed by atoms with Gasteiger partial charge in [-0.25, -0.2) is 0 Å². The number of fused-ring (bicyclic) bond motifs is 1. The van der Waals surface area contributed by atoms with E-state index in [9.17, 15) is 9.90 Å². The first-order valence-corrected chi connectivity index (χ1v) is 4.84. The normalized spacial score (nSPS) is 23.8. The summed E-state index contributed by atoms with van der Waals surface area (Å²) in [6.07, 6.45) is 0.0231. The van der Waals surface area contributed by atoms with Crippen molar-refractivity contribution in [2.45, 2.75) is 18.9 Å². The number of hydrogen-bond acceptors (Lipinski definition) is 3. The molecule has 2 rings (SSSR count). The SMILES string of the molecule is Cc1ccc2c(c1)[C@@](O)(CCO)C(=O)N2. The van der Waals surface area contributed by atoms with Crippen LogP contribution in [0.25, 0.3) is 0 Å². The molecule has 1 aromatic carbocycles. The quantitative estimate of drug-likeness (QED) is 0.662. The molecule has 1 aliphatic rings. The van der Waals surface area contributed by atoms with Crippen LogP contribution in [0.2, 0.25) is 0 Å². The summed E-state index contributed by atoms with van der Waals surface area (Å²) in [5.74, 6) is -0.461. The summed E-state index contributed by atoms with van der Waals surface area (Å²) in [6.45, 7) is 1.67. The third kappa shape index (κ3) is 1.42. The average Bonchev–Trinajstić information content (AvgIpc) is 2.42. The first kappa shape index (κ1) is 10.1. The Morgan fingerprint density at radius 3 is 2.87 bits per heavy atom. The van der Waals surface area contributed by atoms with Crippen LogP contribution in [0.5, 0.6) is 0 Å². The zero-order valence-electron chi connectivity index (χ0n) is 8.45. The van der Waals surface area contributed by atoms with Crippen LogP contribution in [0.15, 0.2) is 18.2 Å². The van der Waals surface area contributed by atoms with E-state index in [0.717, 1.165) is 5.56 Å². The van der Waals surface area contributed by atoms with Gasteiger partial charge >= 0.3 is 0 Å². The molecular formula is C11H13NO3. The molecule has 1 amide bonds. The first-order valence-electron chi connectivity index (χ1n) is 4.84. The van der Waals surface area contributed by atoms with Crippen molar-refractivity contribution < 1.29 is 15.0 Å². The van der Waals surface area contributed by atoms with Crippen LogP contribution in [0.4, 0.5) is 5.69 Å². The molecule has 0 bridgehead atoms. The third-order valence-corrected chi connectivity index (χ3v) is 2.72. The number of benzene rings is 1. The lowest BCUT2D eigenvalue weighted by atomic mass is 9.91. The number of hydrogen-bond donors (Lipinski definition) is 3. The highest BCUT2D eigenvalue weighted by Gasteiger charge is 2.44. The van der Waals surface area contributed by atoms with Crippen molar-refractivity contribution in [1.29, 1.82) is 0 Å². The zero-order valence-corrected chi connectivity index (χ0v) is 8.45. The highest BCUT2D eigenvalue weighted by molar-refractivity contribution is 6.04. The second kappa shape index (κ2) is 3.32. The maximum Gasteiger partial charge on any atom is 0.261 e. The van der Waals surface area contributed by atoms with Crippen molar-refractivity contribution >= 4 is 11.6 Å². The van der Waals surface area contributed by atoms with Gasteiger partial charge in [0.15, 0.2) is 5.60 Å². The predicted octanol–water partition coefficient (Wildman–Crippen LogP) is 0.517. The van der Waals surface area contributed by atoms with Crippen molar-refractivity contribution in [1.82, 2.24) is 0 Å². The summed E-state index contributed by atoms with van der Waals surface area (Å²) < 4.78 is 0. The number of rotatable bonds is 2. The maximum absolute atomic E-state index is 11.6. The molecule has 80 valence electrons. The van der Waals surface area contributed by atoms with Crippen molar-refractivity contribution in [3.8, 4) is 0 Å². The number of anilines is 1. The number of amides is 1. The van der Waals surface area contributed by atoms with Crippen LogP contribution < -0.4 is 5.32 Å². The smallest absolute Gasteiger partial charge is 0.261 e. The monoisotopic (exact) mass is 207 g/mol. The van der Waals surface area contributed by atoms with Crippen molar-refractivity contribution in [2.24, 2.45) is 0 Å². The van der Waals surface area contributed by atoms with Gasteiger partial charge in [-0.05, 0) is 13.0 Å². The Bertz CT molecular complexity index is 416. The van der Waals surface area contributed by atoms with Gasteiger partial charge in [-0.1, -0.05) is 17.7 Å². The minimum absolute atomic E-state index is 0.0231. The molecule has 3 N–H and O–H groups in total. The number of carbonyl (C=O) groups is 1. The van der Waals surface area contributed by atoms with E-state index in [-0.39, 0.29) is 13.0 Å². The van der Waals surface area contributed by atoms with Gasteiger partial charge in [0.2, 0.25) is 0 Å². The minimum Gasteiger partial charge on any atom is -0.396 e. The molecule has 15 heavy (non-hydrogen) atoms. The largest absolute Gasteiger partial charge is 0.396 e. The number of carbonyl (C=O) groups excluding carboxylic acids is 1. The molecule has 1 heterocycles. The fourth-order valence-corrected chi connectivity index (χ4v) is 1.87. The van der Waals surface area contributed by atoms with E-state index < -0.39 is 11.5 Å². The van der Waals surface area contributed by atoms with Crippen LogP contribution in [0.3, 0.4) is 0 Å². The van der Waals surface area contributed by atoms with Gasteiger partial charge in [0, 0.05) is 24.3 Å². The first-order chi connectivity index (χ1) is 7.08. The van der Waals surface area contributed by atoms with Gasteiger partial charge in [0.25, 0.3) is 5.91 Å². The van der Waals surface area contributed by atoms with Gasteiger partial charge in [-0.15, -0.1) is 0 Å².